The van der Waals surface area contributed by atoms with E-state index in [2.05, 4.69) is 9.97 Å². The molecule has 2 aromatic heterocycles. The number of nitrogens with zero attached hydrogens (tertiary/aromatic N) is 2. The van der Waals surface area contributed by atoms with Crippen LogP contribution in [-0.4, -0.2) is 9.97 Å². The first-order chi connectivity index (χ1) is 6.27. The molecule has 0 aromatic carbocycles. The first-order valence-corrected chi connectivity index (χ1v) is 5.88. The zero-order valence-electron chi connectivity index (χ0n) is 6.23. The predicted octanol–water partition coefficient (Wildman–Crippen LogP) is 2.28. The van der Waals surface area contributed by atoms with Gasteiger partial charge in [-0.1, -0.05) is 21.9 Å². The second-order valence-electron chi connectivity index (χ2n) is 2.19. The van der Waals surface area contributed by atoms with Gasteiger partial charge in [-0.15, -0.1) is 0 Å². The molecule has 0 radical (unpaired) electrons. The standard InChI is InChI=1S/C7H3ClN2OS2/c8-5-4(2-1-3-9-5)6-10-7(11)13-12-6/h1-3H. The van der Waals surface area contributed by atoms with E-state index >= 15 is 0 Å². The maximum absolute atomic E-state index is 10.8. The minimum absolute atomic E-state index is 0.195. The molecule has 0 atom stereocenters. The molecule has 0 saturated carbocycles. The average Bonchev–Trinajstić information content (AvgIpc) is 2.53. The smallest absolute Gasteiger partial charge is 0.254 e. The van der Waals surface area contributed by atoms with Gasteiger partial charge in [0.1, 0.15) is 10.2 Å². The number of hydrogen-bond acceptors (Lipinski definition) is 5. The molecule has 0 saturated heterocycles. The summed E-state index contributed by atoms with van der Waals surface area (Å²) in [5.74, 6) is 0. The molecule has 0 unspecified atom stereocenters. The van der Waals surface area contributed by atoms with Gasteiger partial charge in [0.25, 0.3) is 0 Å². The lowest BCUT2D eigenvalue weighted by Gasteiger charge is -1.95. The molecule has 0 N–H and O–H groups in total. The van der Waals surface area contributed by atoms with Crippen LogP contribution in [-0.2, 0) is 0 Å². The highest BCUT2D eigenvalue weighted by Gasteiger charge is 2.07. The summed E-state index contributed by atoms with van der Waals surface area (Å²) in [4.78, 5) is 18.3. The molecule has 0 amide bonds. The molecule has 3 nitrogen and oxygen atoms in total. The largest absolute Gasteiger partial charge is 0.337 e. The Morgan fingerprint density at radius 2 is 2.23 bits per heavy atom. The van der Waals surface area contributed by atoms with Crippen molar-refractivity contribution in [3.63, 3.8) is 0 Å². The maximum Gasteiger partial charge on any atom is 0.337 e. The molecule has 0 aliphatic rings. The van der Waals surface area contributed by atoms with Crippen LogP contribution in [0.25, 0.3) is 10.6 Å². The van der Waals surface area contributed by atoms with E-state index < -0.39 is 0 Å². The van der Waals surface area contributed by atoms with Crippen LogP contribution < -0.4 is 4.87 Å². The topological polar surface area (TPSA) is 42.9 Å². The van der Waals surface area contributed by atoms with Crippen molar-refractivity contribution in [2.24, 2.45) is 0 Å². The summed E-state index contributed by atoms with van der Waals surface area (Å²) in [5, 5.41) is 1.01. The van der Waals surface area contributed by atoms with Gasteiger partial charge in [0, 0.05) is 11.8 Å². The molecule has 13 heavy (non-hydrogen) atoms. The van der Waals surface area contributed by atoms with Crippen LogP contribution in [0.4, 0.5) is 0 Å². The summed E-state index contributed by atoms with van der Waals surface area (Å²) in [6.07, 6.45) is 1.60. The number of pyridine rings is 1. The third kappa shape index (κ3) is 1.77. The molecule has 66 valence electrons. The quantitative estimate of drug-likeness (QED) is 0.558. The van der Waals surface area contributed by atoms with E-state index in [0.717, 1.165) is 10.3 Å². The molecule has 0 spiro atoms. The van der Waals surface area contributed by atoms with E-state index in [4.69, 9.17) is 11.6 Å². The van der Waals surface area contributed by atoms with E-state index in [0.29, 0.717) is 15.7 Å². The first kappa shape index (κ1) is 8.80. The summed E-state index contributed by atoms with van der Waals surface area (Å²) in [7, 11) is 2.41. The summed E-state index contributed by atoms with van der Waals surface area (Å²) in [5.41, 5.74) is 0.715. The Labute approximate surface area is 86.1 Å². The number of aromatic nitrogens is 2. The second kappa shape index (κ2) is 3.53. The van der Waals surface area contributed by atoms with Crippen LogP contribution in [0.5, 0.6) is 0 Å². The molecule has 0 fully saturated rings. The SMILES string of the molecule is O=c1nc(-c2cccnc2Cl)ss1. The Morgan fingerprint density at radius 3 is 2.85 bits per heavy atom. The molecule has 2 aromatic rings. The summed E-state index contributed by atoms with van der Waals surface area (Å²) in [6.45, 7) is 0. The Balaban J connectivity index is 2.58. The lowest BCUT2D eigenvalue weighted by molar-refractivity contribution is 1.30. The van der Waals surface area contributed by atoms with Crippen molar-refractivity contribution in [1.82, 2.24) is 9.97 Å². The van der Waals surface area contributed by atoms with Gasteiger partial charge in [0.2, 0.25) is 0 Å². The Morgan fingerprint density at radius 1 is 1.38 bits per heavy atom. The maximum atomic E-state index is 10.8. The minimum atomic E-state index is -0.195. The van der Waals surface area contributed by atoms with Gasteiger partial charge in [0.05, 0.1) is 0 Å². The van der Waals surface area contributed by atoms with Crippen molar-refractivity contribution < 1.29 is 0 Å². The Kier molecular flexibility index (Phi) is 2.39. The van der Waals surface area contributed by atoms with Crippen molar-refractivity contribution in [1.29, 1.82) is 0 Å². The van der Waals surface area contributed by atoms with Crippen LogP contribution in [0.2, 0.25) is 5.15 Å². The molecular weight excluding hydrogens is 228 g/mol. The average molecular weight is 231 g/mol. The fourth-order valence-corrected chi connectivity index (χ4v) is 2.77. The van der Waals surface area contributed by atoms with Gasteiger partial charge in [-0.05, 0) is 22.5 Å². The summed E-state index contributed by atoms with van der Waals surface area (Å²) < 4.78 is 0. The van der Waals surface area contributed by atoms with E-state index in [1.807, 2.05) is 0 Å². The van der Waals surface area contributed by atoms with Crippen LogP contribution in [0.15, 0.2) is 23.1 Å². The van der Waals surface area contributed by atoms with Crippen molar-refractivity contribution in [2.45, 2.75) is 0 Å². The number of rotatable bonds is 1. The number of halogens is 1. The zero-order chi connectivity index (χ0) is 9.26. The lowest BCUT2D eigenvalue weighted by Crippen LogP contribution is -1.92. The monoisotopic (exact) mass is 230 g/mol. The van der Waals surface area contributed by atoms with Crippen molar-refractivity contribution in [3.8, 4) is 10.6 Å². The van der Waals surface area contributed by atoms with Crippen LogP contribution in [0.1, 0.15) is 0 Å². The third-order valence-electron chi connectivity index (χ3n) is 1.37. The first-order valence-electron chi connectivity index (χ1n) is 3.35. The van der Waals surface area contributed by atoms with E-state index in [1.165, 1.54) is 10.3 Å². The molecule has 2 heterocycles. The minimum Gasteiger partial charge on any atom is -0.254 e. The highest BCUT2D eigenvalue weighted by molar-refractivity contribution is 7.69. The molecule has 0 aliphatic heterocycles. The number of hydrogen-bond donors (Lipinski definition) is 0. The van der Waals surface area contributed by atoms with Gasteiger partial charge in [-0.3, -0.25) is 4.79 Å². The van der Waals surface area contributed by atoms with Gasteiger partial charge in [-0.2, -0.15) is 4.98 Å². The van der Waals surface area contributed by atoms with Gasteiger partial charge < -0.3 is 0 Å². The molecule has 2 rings (SSSR count). The van der Waals surface area contributed by atoms with Gasteiger partial charge >= 0.3 is 4.87 Å². The second-order valence-corrected chi connectivity index (χ2v) is 4.62. The molecular formula is C7H3ClN2OS2. The lowest BCUT2D eigenvalue weighted by atomic mass is 10.3. The van der Waals surface area contributed by atoms with Crippen LogP contribution in [0.3, 0.4) is 0 Å². The third-order valence-corrected chi connectivity index (χ3v) is 3.61. The van der Waals surface area contributed by atoms with Crippen LogP contribution in [0, 0.1) is 0 Å². The zero-order valence-corrected chi connectivity index (χ0v) is 8.62. The molecule has 0 aliphatic carbocycles. The van der Waals surface area contributed by atoms with E-state index in [1.54, 1.807) is 18.3 Å². The Hall–Kier alpha value is -0.780. The normalized spacial score (nSPS) is 10.2. The molecule has 0 bridgehead atoms. The van der Waals surface area contributed by atoms with Crippen molar-refractivity contribution in [2.75, 3.05) is 0 Å². The predicted molar refractivity (Wildman–Crippen MR) is 54.5 cm³/mol. The Bertz CT molecular complexity index is 479. The fraction of sp³-hybridized carbons (Fsp3) is 0. The fourth-order valence-electron chi connectivity index (χ4n) is 0.846. The van der Waals surface area contributed by atoms with Gasteiger partial charge in [0.15, 0.2) is 0 Å². The van der Waals surface area contributed by atoms with E-state index in [9.17, 15) is 4.79 Å². The van der Waals surface area contributed by atoms with Crippen molar-refractivity contribution >= 4 is 32.3 Å². The van der Waals surface area contributed by atoms with Crippen LogP contribution >= 0.6 is 32.3 Å². The summed E-state index contributed by atoms with van der Waals surface area (Å²) >= 11 is 5.83. The summed E-state index contributed by atoms with van der Waals surface area (Å²) in [6, 6.07) is 3.55. The molecule has 6 heteroatoms. The highest BCUT2D eigenvalue weighted by atomic mass is 35.5. The van der Waals surface area contributed by atoms with Gasteiger partial charge in [-0.25, -0.2) is 4.98 Å². The van der Waals surface area contributed by atoms with E-state index in [-0.39, 0.29) is 4.87 Å². The van der Waals surface area contributed by atoms with Crippen molar-refractivity contribution in [3.05, 3.63) is 33.2 Å². The highest BCUT2D eigenvalue weighted by Crippen LogP contribution is 2.27.